The summed E-state index contributed by atoms with van der Waals surface area (Å²) in [5.74, 6) is -0.270. The Kier molecular flexibility index (Phi) is 4.04. The number of hydrogen-bond acceptors (Lipinski definition) is 1. The van der Waals surface area contributed by atoms with Gasteiger partial charge >= 0.3 is 0 Å². The molecule has 106 valence electrons. The summed E-state index contributed by atoms with van der Waals surface area (Å²) in [7, 11) is 0. The average Bonchev–Trinajstić information content (AvgIpc) is 2.46. The van der Waals surface area contributed by atoms with Gasteiger partial charge in [-0.2, -0.15) is 0 Å². The van der Waals surface area contributed by atoms with E-state index < -0.39 is 0 Å². The highest BCUT2D eigenvalue weighted by atomic mass is 79.9. The zero-order chi connectivity index (χ0) is 14.8. The minimum Gasteiger partial charge on any atom is -0.324 e. The average molecular weight is 344 g/mol. The van der Waals surface area contributed by atoms with Crippen molar-refractivity contribution in [3.63, 3.8) is 0 Å². The normalized spacial score (nSPS) is 12.5. The molecule has 1 unspecified atom stereocenters. The first kappa shape index (κ1) is 14.2. The first-order valence-electron chi connectivity index (χ1n) is 6.81. The van der Waals surface area contributed by atoms with Gasteiger partial charge < -0.3 is 5.73 Å². The van der Waals surface area contributed by atoms with E-state index in [1.165, 1.54) is 22.9 Å². The van der Waals surface area contributed by atoms with Gasteiger partial charge in [-0.1, -0.05) is 58.4 Å². The number of rotatable bonds is 3. The summed E-state index contributed by atoms with van der Waals surface area (Å²) in [5, 5.41) is 2.41. The lowest BCUT2D eigenvalue weighted by Gasteiger charge is -2.13. The smallest absolute Gasteiger partial charge is 0.124 e. The van der Waals surface area contributed by atoms with Gasteiger partial charge in [0.2, 0.25) is 0 Å². The first-order valence-corrected chi connectivity index (χ1v) is 7.60. The molecule has 1 nitrogen and oxygen atoms in total. The van der Waals surface area contributed by atoms with Gasteiger partial charge in [-0.25, -0.2) is 4.39 Å². The number of nitrogens with two attached hydrogens (primary N) is 1. The molecule has 0 radical (unpaired) electrons. The largest absolute Gasteiger partial charge is 0.324 e. The number of hydrogen-bond donors (Lipinski definition) is 1. The van der Waals surface area contributed by atoms with Crippen molar-refractivity contribution in [3.8, 4) is 0 Å². The quantitative estimate of drug-likeness (QED) is 0.712. The van der Waals surface area contributed by atoms with Gasteiger partial charge in [0.1, 0.15) is 5.82 Å². The second-order valence-corrected chi connectivity index (χ2v) is 6.11. The molecular weight excluding hydrogens is 329 g/mol. The van der Waals surface area contributed by atoms with Crippen molar-refractivity contribution in [3.05, 3.63) is 82.1 Å². The summed E-state index contributed by atoms with van der Waals surface area (Å²) in [6, 6.07) is 19.1. The van der Waals surface area contributed by atoms with Crippen LogP contribution in [-0.4, -0.2) is 0 Å². The molecule has 0 saturated carbocycles. The van der Waals surface area contributed by atoms with E-state index in [1.807, 2.05) is 18.2 Å². The SMILES string of the molecule is NC(Cc1ccc2ccccc2c1)c1cc(F)cc(Br)c1. The van der Waals surface area contributed by atoms with Gasteiger partial charge in [-0.05, 0) is 46.5 Å². The third-order valence-electron chi connectivity index (χ3n) is 3.58. The van der Waals surface area contributed by atoms with E-state index >= 15 is 0 Å². The lowest BCUT2D eigenvalue weighted by Crippen LogP contribution is -2.13. The first-order chi connectivity index (χ1) is 10.1. The lowest BCUT2D eigenvalue weighted by molar-refractivity contribution is 0.617. The van der Waals surface area contributed by atoms with Crippen LogP contribution in [-0.2, 0) is 6.42 Å². The Bertz CT molecular complexity index is 765. The minimum atomic E-state index is -0.270. The van der Waals surface area contributed by atoms with E-state index in [2.05, 4.69) is 46.3 Å². The molecule has 3 rings (SSSR count). The predicted molar refractivity (Wildman–Crippen MR) is 88.7 cm³/mol. The molecule has 0 heterocycles. The number of fused-ring (bicyclic) bond motifs is 1. The van der Waals surface area contributed by atoms with E-state index in [-0.39, 0.29) is 11.9 Å². The summed E-state index contributed by atoms with van der Waals surface area (Å²) in [5.41, 5.74) is 8.18. The zero-order valence-electron chi connectivity index (χ0n) is 11.4. The molecule has 3 aromatic carbocycles. The Balaban J connectivity index is 1.86. The van der Waals surface area contributed by atoms with Gasteiger partial charge in [0.05, 0.1) is 0 Å². The van der Waals surface area contributed by atoms with Crippen molar-refractivity contribution in [2.24, 2.45) is 5.73 Å². The monoisotopic (exact) mass is 343 g/mol. The fourth-order valence-corrected chi connectivity index (χ4v) is 3.01. The van der Waals surface area contributed by atoms with Crippen LogP contribution in [0.25, 0.3) is 10.8 Å². The molecule has 0 aliphatic carbocycles. The summed E-state index contributed by atoms with van der Waals surface area (Å²) >= 11 is 3.30. The maximum atomic E-state index is 13.4. The number of benzene rings is 3. The Morgan fingerprint density at radius 1 is 0.952 bits per heavy atom. The van der Waals surface area contributed by atoms with Crippen molar-refractivity contribution in [1.82, 2.24) is 0 Å². The van der Waals surface area contributed by atoms with E-state index in [0.29, 0.717) is 10.9 Å². The summed E-state index contributed by atoms with van der Waals surface area (Å²) in [6.07, 6.45) is 0.681. The van der Waals surface area contributed by atoms with Crippen molar-refractivity contribution >= 4 is 26.7 Å². The van der Waals surface area contributed by atoms with E-state index in [0.717, 1.165) is 11.1 Å². The van der Waals surface area contributed by atoms with Gasteiger partial charge in [-0.15, -0.1) is 0 Å². The second kappa shape index (κ2) is 5.96. The van der Waals surface area contributed by atoms with Crippen molar-refractivity contribution in [2.75, 3.05) is 0 Å². The van der Waals surface area contributed by atoms with Crippen LogP contribution in [0.5, 0.6) is 0 Å². The minimum absolute atomic E-state index is 0.224. The molecule has 0 amide bonds. The predicted octanol–water partition coefficient (Wildman–Crippen LogP) is 4.98. The topological polar surface area (TPSA) is 26.0 Å². The maximum Gasteiger partial charge on any atom is 0.124 e. The lowest BCUT2D eigenvalue weighted by atomic mass is 9.97. The van der Waals surface area contributed by atoms with E-state index in [1.54, 1.807) is 0 Å². The standard InChI is InChI=1S/C18H15BrFN/c19-16-9-15(10-17(20)11-16)18(21)8-12-5-6-13-3-1-2-4-14(13)7-12/h1-7,9-11,18H,8,21H2. The maximum absolute atomic E-state index is 13.4. The van der Waals surface area contributed by atoms with Gasteiger partial charge in [-0.3, -0.25) is 0 Å². The number of halogens is 2. The molecule has 0 spiro atoms. The Labute approximate surface area is 131 Å². The summed E-state index contributed by atoms with van der Waals surface area (Å²) < 4.78 is 14.2. The summed E-state index contributed by atoms with van der Waals surface area (Å²) in [6.45, 7) is 0. The summed E-state index contributed by atoms with van der Waals surface area (Å²) in [4.78, 5) is 0. The fraction of sp³-hybridized carbons (Fsp3) is 0.111. The van der Waals surface area contributed by atoms with Crippen LogP contribution in [0.1, 0.15) is 17.2 Å². The van der Waals surface area contributed by atoms with Gasteiger partial charge in [0.15, 0.2) is 0 Å². The van der Waals surface area contributed by atoms with Gasteiger partial charge in [0.25, 0.3) is 0 Å². The molecule has 0 saturated heterocycles. The Morgan fingerprint density at radius 2 is 1.71 bits per heavy atom. The molecule has 0 aliphatic rings. The molecule has 3 aromatic rings. The van der Waals surface area contributed by atoms with Crippen LogP contribution in [0.4, 0.5) is 4.39 Å². The Morgan fingerprint density at radius 3 is 2.48 bits per heavy atom. The molecule has 0 bridgehead atoms. The third-order valence-corrected chi connectivity index (χ3v) is 4.04. The van der Waals surface area contributed by atoms with Crippen molar-refractivity contribution in [1.29, 1.82) is 0 Å². The second-order valence-electron chi connectivity index (χ2n) is 5.19. The molecular formula is C18H15BrFN. The highest BCUT2D eigenvalue weighted by Crippen LogP contribution is 2.23. The van der Waals surface area contributed by atoms with Crippen LogP contribution in [0, 0.1) is 5.82 Å². The molecule has 2 N–H and O–H groups in total. The fourth-order valence-electron chi connectivity index (χ4n) is 2.53. The highest BCUT2D eigenvalue weighted by Gasteiger charge is 2.10. The molecule has 0 aromatic heterocycles. The van der Waals surface area contributed by atoms with Crippen LogP contribution >= 0.6 is 15.9 Å². The zero-order valence-corrected chi connectivity index (χ0v) is 13.0. The molecule has 3 heteroatoms. The molecule has 21 heavy (non-hydrogen) atoms. The molecule has 0 fully saturated rings. The van der Waals surface area contributed by atoms with E-state index in [4.69, 9.17) is 5.73 Å². The Hall–Kier alpha value is -1.71. The van der Waals surface area contributed by atoms with Crippen LogP contribution in [0.15, 0.2) is 65.1 Å². The molecule has 1 atom stereocenters. The van der Waals surface area contributed by atoms with Crippen LogP contribution in [0.2, 0.25) is 0 Å². The van der Waals surface area contributed by atoms with Crippen LogP contribution in [0.3, 0.4) is 0 Å². The third kappa shape index (κ3) is 3.31. The molecule has 0 aliphatic heterocycles. The highest BCUT2D eigenvalue weighted by molar-refractivity contribution is 9.10. The van der Waals surface area contributed by atoms with Crippen molar-refractivity contribution < 1.29 is 4.39 Å². The van der Waals surface area contributed by atoms with Gasteiger partial charge in [0, 0.05) is 10.5 Å². The van der Waals surface area contributed by atoms with Crippen molar-refractivity contribution in [2.45, 2.75) is 12.5 Å². The van der Waals surface area contributed by atoms with E-state index in [9.17, 15) is 4.39 Å². The van der Waals surface area contributed by atoms with Crippen LogP contribution < -0.4 is 5.73 Å².